The number of carboxylic acids is 10. The van der Waals surface area contributed by atoms with E-state index in [9.17, 15) is 109 Å². The van der Waals surface area contributed by atoms with Gasteiger partial charge in [0.25, 0.3) is 0 Å². The molecular formula is C56H80N12O22S2. The minimum atomic E-state index is -1.36. The van der Waals surface area contributed by atoms with E-state index < -0.39 is 167 Å². The molecule has 3 atom stereocenters. The number of nitrogens with one attached hydrogen (secondary N) is 5. The first-order valence-electron chi connectivity index (χ1n) is 28.7. The van der Waals surface area contributed by atoms with E-state index in [1.807, 2.05) is 0 Å². The normalized spacial score (nSPS) is 13.5. The molecular weight excluding hydrogens is 1260 g/mol. The predicted molar refractivity (Wildman–Crippen MR) is 332 cm³/mol. The van der Waals surface area contributed by atoms with Crippen molar-refractivity contribution >= 4 is 112 Å². The Hall–Kier alpha value is -8.62. The summed E-state index contributed by atoms with van der Waals surface area (Å²) in [4.78, 5) is 150. The van der Waals surface area contributed by atoms with Crippen molar-refractivity contribution in [3.05, 3.63) is 65.2 Å². The molecule has 2 unspecified atom stereocenters. The summed E-state index contributed by atoms with van der Waals surface area (Å²) < 4.78 is 0. The number of carbonyl (C=O) groups is 12. The molecule has 2 aromatic rings. The van der Waals surface area contributed by atoms with Gasteiger partial charge in [0.15, 0.2) is 5.11 Å². The number of amides is 2. The smallest absolute Gasteiger partial charge is 0.317 e. The first-order chi connectivity index (χ1) is 43.3. The number of hydrogen-bond acceptors (Lipinski definition) is 21. The predicted octanol–water partition coefficient (Wildman–Crippen LogP) is -3.17. The highest BCUT2D eigenvalue weighted by atomic mass is 32.1. The van der Waals surface area contributed by atoms with Crippen molar-refractivity contribution in [2.75, 3.05) is 123 Å². The Labute approximate surface area is 538 Å². The molecule has 36 heteroatoms. The van der Waals surface area contributed by atoms with Gasteiger partial charge in [-0.25, -0.2) is 0 Å². The lowest BCUT2D eigenvalue weighted by atomic mass is 10.0. The van der Waals surface area contributed by atoms with Gasteiger partial charge >= 0.3 is 59.7 Å². The lowest BCUT2D eigenvalue weighted by Gasteiger charge is -2.34. The van der Waals surface area contributed by atoms with Crippen LogP contribution >= 0.6 is 24.4 Å². The molecule has 1 fully saturated rings. The average molecular weight is 1340 g/mol. The monoisotopic (exact) mass is 1340 g/mol. The highest BCUT2D eigenvalue weighted by Gasteiger charge is 2.46. The maximum absolute atomic E-state index is 13.5. The summed E-state index contributed by atoms with van der Waals surface area (Å²) in [5.41, 5.74) is 6.93. The number of hydrogen-bond donors (Lipinski definition) is 16. The number of aliphatic carboxylic acids is 10. The Kier molecular flexibility index (Phi) is 33.4. The third-order valence-electron chi connectivity index (χ3n) is 14.0. The van der Waals surface area contributed by atoms with Gasteiger partial charge in [-0.2, -0.15) is 0 Å². The summed E-state index contributed by atoms with van der Waals surface area (Å²) in [7, 11) is 0. The number of nitrogens with zero attached hydrogens (tertiary/aromatic N) is 6. The Bertz CT molecular complexity index is 2840. The second-order valence-electron chi connectivity index (χ2n) is 21.9. The maximum Gasteiger partial charge on any atom is 0.317 e. The van der Waals surface area contributed by atoms with Crippen LogP contribution in [0.2, 0.25) is 0 Å². The third kappa shape index (κ3) is 33.4. The summed E-state index contributed by atoms with van der Waals surface area (Å²) in [6.07, 6.45) is 2.76. The Morgan fingerprint density at radius 1 is 0.478 bits per heavy atom. The second kappa shape index (κ2) is 39.6. The van der Waals surface area contributed by atoms with E-state index in [1.54, 1.807) is 48.5 Å². The molecule has 0 radical (unpaired) electrons. The van der Waals surface area contributed by atoms with Crippen LogP contribution < -0.4 is 32.3 Å². The number of primary amides is 1. The Morgan fingerprint density at radius 2 is 0.837 bits per heavy atom. The van der Waals surface area contributed by atoms with Gasteiger partial charge in [-0.15, -0.1) is 0 Å². The molecule has 0 aromatic heterocycles. The lowest BCUT2D eigenvalue weighted by molar-refractivity contribution is -0.145. The van der Waals surface area contributed by atoms with Gasteiger partial charge in [0.1, 0.15) is 0 Å². The first-order valence-corrected chi connectivity index (χ1v) is 29.5. The Balaban J connectivity index is 1.67. The number of benzene rings is 2. The van der Waals surface area contributed by atoms with Crippen molar-refractivity contribution in [1.82, 2.24) is 50.7 Å². The molecule has 92 heavy (non-hydrogen) atoms. The van der Waals surface area contributed by atoms with E-state index in [-0.39, 0.29) is 57.2 Å². The molecule has 2 amide bonds. The molecule has 0 bridgehead atoms. The summed E-state index contributed by atoms with van der Waals surface area (Å²) in [5.74, 6) is -14.6. The lowest BCUT2D eigenvalue weighted by Crippen LogP contribution is -2.57. The van der Waals surface area contributed by atoms with Crippen LogP contribution in [0.1, 0.15) is 48.8 Å². The van der Waals surface area contributed by atoms with Crippen molar-refractivity contribution in [3.8, 4) is 0 Å². The van der Waals surface area contributed by atoms with Gasteiger partial charge in [-0.1, -0.05) is 48.6 Å². The van der Waals surface area contributed by atoms with Crippen LogP contribution in [0.25, 0.3) is 0 Å². The standard InChI is InChI=1S/C56H80N12O22S2/c57-42(69)22-59-54(90)41(3-1-2-14-58-43(91)21-37-6-4-35(5-7-37)19-39(67(31-50(82)83)32-51(84)85)23-63(25-44(70)71)15-17-65(27-46(74)75)28-47(76)77)61-56(12-13-56)62-55(92)60-38-10-8-36(9-11-38)20-40(68(33-52(86)87)34-53(88)89)24-64(26-45(72)73)16-18-66(29-48(78)79)30-49(80)81/h4-11,39-41,61H,1-3,12-34H2,(H2,57,69)(H,58,91)(H,59,90)(H,70,71)(H,72,73)(H,74,75)(H,76,77)(H,78,79)(H,80,81)(H,82,83)(H,84,85)(H,86,87)(H,88,89)(H2,60,62,92)/t39-,40?,41?/m0/s1. The molecule has 34 nitrogen and oxygen atoms in total. The van der Waals surface area contributed by atoms with Crippen LogP contribution in [0.3, 0.4) is 0 Å². The minimum Gasteiger partial charge on any atom is -0.480 e. The number of anilines is 1. The molecule has 17 N–H and O–H groups in total. The minimum absolute atomic E-state index is 0.00666. The van der Waals surface area contributed by atoms with E-state index >= 15 is 0 Å². The van der Waals surface area contributed by atoms with Crippen LogP contribution in [0.5, 0.6) is 0 Å². The van der Waals surface area contributed by atoms with Crippen molar-refractivity contribution in [1.29, 1.82) is 0 Å². The Morgan fingerprint density at radius 3 is 1.21 bits per heavy atom. The summed E-state index contributed by atoms with van der Waals surface area (Å²) in [5, 5.41) is 111. The highest BCUT2D eigenvalue weighted by molar-refractivity contribution is 7.80. The molecule has 0 spiro atoms. The van der Waals surface area contributed by atoms with Gasteiger partial charge in [0.05, 0.1) is 88.7 Å². The van der Waals surface area contributed by atoms with Crippen molar-refractivity contribution in [2.45, 2.75) is 75.2 Å². The zero-order chi connectivity index (χ0) is 68.7. The number of unbranched alkanes of at least 4 members (excludes halogenated alkanes) is 1. The highest BCUT2D eigenvalue weighted by Crippen LogP contribution is 2.33. The van der Waals surface area contributed by atoms with Gasteiger partial charge in [0, 0.05) is 70.0 Å². The van der Waals surface area contributed by atoms with E-state index in [4.69, 9.17) is 30.2 Å². The molecule has 1 aliphatic carbocycles. The van der Waals surface area contributed by atoms with E-state index in [2.05, 4.69) is 26.6 Å². The van der Waals surface area contributed by atoms with Crippen molar-refractivity contribution < 1.29 is 109 Å². The summed E-state index contributed by atoms with van der Waals surface area (Å²) >= 11 is 11.3. The molecule has 1 saturated carbocycles. The van der Waals surface area contributed by atoms with E-state index in [0.717, 1.165) is 25.2 Å². The number of carboxylic acid groups (broad SMARTS) is 10. The van der Waals surface area contributed by atoms with Gasteiger partial charge in [0.2, 0.25) is 11.8 Å². The summed E-state index contributed by atoms with van der Waals surface area (Å²) in [6.45, 7) is -7.91. The molecule has 0 heterocycles. The van der Waals surface area contributed by atoms with Crippen LogP contribution in [0, 0.1) is 0 Å². The van der Waals surface area contributed by atoms with E-state index in [1.165, 1.54) is 9.80 Å². The maximum atomic E-state index is 13.5. The number of thiocarbonyl (C=S) groups is 2. The third-order valence-corrected chi connectivity index (χ3v) is 14.5. The summed E-state index contributed by atoms with van der Waals surface area (Å²) in [6, 6.07) is 10.9. The second-order valence-corrected chi connectivity index (χ2v) is 22.8. The molecule has 0 aliphatic heterocycles. The van der Waals surface area contributed by atoms with Crippen LogP contribution in [0.4, 0.5) is 5.69 Å². The zero-order valence-electron chi connectivity index (χ0n) is 50.2. The van der Waals surface area contributed by atoms with Crippen molar-refractivity contribution in [3.63, 3.8) is 0 Å². The number of nitrogens with two attached hydrogens (primary N) is 1. The van der Waals surface area contributed by atoms with Gasteiger partial charge in [-0.3, -0.25) is 92.3 Å². The molecule has 3 rings (SSSR count). The fraction of sp³-hybridized carbons (Fsp3) is 0.536. The fourth-order valence-corrected chi connectivity index (χ4v) is 10.5. The first kappa shape index (κ1) is 77.6. The molecule has 508 valence electrons. The van der Waals surface area contributed by atoms with Gasteiger partial charge in [-0.05, 0) is 86.0 Å². The van der Waals surface area contributed by atoms with Crippen LogP contribution in [-0.4, -0.2) is 304 Å². The van der Waals surface area contributed by atoms with Crippen molar-refractivity contribution in [2.24, 2.45) is 5.73 Å². The zero-order valence-corrected chi connectivity index (χ0v) is 51.8. The molecule has 0 saturated heterocycles. The molecule has 2 aromatic carbocycles. The van der Waals surface area contributed by atoms with Crippen LogP contribution in [-0.2, 0) is 76.8 Å². The number of carbonyl (C=O) groups excluding carboxylic acids is 2. The van der Waals surface area contributed by atoms with Gasteiger partial charge < -0.3 is 78.1 Å². The van der Waals surface area contributed by atoms with Crippen LogP contribution in [0.15, 0.2) is 48.5 Å². The largest absolute Gasteiger partial charge is 0.480 e. The molecule has 1 aliphatic rings. The fourth-order valence-electron chi connectivity index (χ4n) is 9.87. The number of rotatable bonds is 50. The quantitative estimate of drug-likeness (QED) is 0.0177. The topological polar surface area (TPSA) is 513 Å². The van der Waals surface area contributed by atoms with E-state index in [0.29, 0.717) is 66.9 Å². The average Bonchev–Trinajstić information content (AvgIpc) is 1.72. The SMILES string of the molecule is NC(=O)CNC(=O)C(CCCCNC(=S)Cc1ccc(C[C@@H](CN(CCN(CC(=O)O)CC(=O)O)CC(=O)O)N(CC(=O)O)CC(=O)O)cc1)NC1(NC(=S)Nc2ccc(CC(CN(CCN(CC(=O)O)CC(=O)O)CC(=O)O)N(CC(=O)O)CC(=O)O)cc2)CC1.